The van der Waals surface area contributed by atoms with Crippen molar-refractivity contribution >= 4 is 17.7 Å². The van der Waals surface area contributed by atoms with E-state index in [0.717, 1.165) is 50.0 Å². The Kier molecular flexibility index (Phi) is 10.1. The van der Waals surface area contributed by atoms with Crippen molar-refractivity contribution in [3.8, 4) is 0 Å². The molecule has 0 bridgehead atoms. The van der Waals surface area contributed by atoms with Crippen molar-refractivity contribution in [2.24, 2.45) is 10.9 Å². The maximum absolute atomic E-state index is 11.9. The summed E-state index contributed by atoms with van der Waals surface area (Å²) in [5.41, 5.74) is 1.42. The minimum Gasteiger partial charge on any atom is -0.444 e. The fraction of sp³-hybridized carbons (Fsp3) is 0.667. The van der Waals surface area contributed by atoms with Crippen molar-refractivity contribution < 1.29 is 9.53 Å². The lowest BCUT2D eigenvalue weighted by atomic mass is 9.94. The number of carbonyl (C=O) groups excluding carboxylic acids is 1. The molecule has 1 aliphatic heterocycles. The summed E-state index contributed by atoms with van der Waals surface area (Å²) in [4.78, 5) is 19.0. The molecule has 1 aromatic carbocycles. The molecule has 174 valence electrons. The molecule has 0 aromatic heterocycles. The molecule has 31 heavy (non-hydrogen) atoms. The first kappa shape index (κ1) is 25.0. The van der Waals surface area contributed by atoms with E-state index >= 15 is 0 Å². The summed E-state index contributed by atoms with van der Waals surface area (Å²) in [7, 11) is 2.20. The van der Waals surface area contributed by atoms with Gasteiger partial charge in [-0.2, -0.15) is 0 Å². The van der Waals surface area contributed by atoms with Crippen molar-refractivity contribution in [3.63, 3.8) is 0 Å². The van der Waals surface area contributed by atoms with Crippen LogP contribution in [0.3, 0.4) is 0 Å². The number of ether oxygens (including phenoxy) is 1. The van der Waals surface area contributed by atoms with Gasteiger partial charge < -0.3 is 20.3 Å². The van der Waals surface area contributed by atoms with Crippen molar-refractivity contribution in [3.05, 3.63) is 29.8 Å². The van der Waals surface area contributed by atoms with Crippen molar-refractivity contribution in [2.45, 2.75) is 59.0 Å². The number of hydrogen-bond acceptors (Lipinski definition) is 4. The van der Waals surface area contributed by atoms with E-state index in [1.807, 2.05) is 45.0 Å². The van der Waals surface area contributed by atoms with Crippen LogP contribution in [0.4, 0.5) is 10.5 Å². The zero-order valence-corrected chi connectivity index (χ0v) is 20.0. The Bertz CT molecular complexity index is 689. The Morgan fingerprint density at radius 1 is 1.16 bits per heavy atom. The van der Waals surface area contributed by atoms with Crippen LogP contribution in [0.5, 0.6) is 0 Å². The van der Waals surface area contributed by atoms with Crippen LogP contribution in [0.25, 0.3) is 0 Å². The van der Waals surface area contributed by atoms with E-state index < -0.39 is 11.7 Å². The van der Waals surface area contributed by atoms with Gasteiger partial charge in [-0.25, -0.2) is 4.79 Å². The number of carbonyl (C=O) groups is 1. The lowest BCUT2D eigenvalue weighted by Gasteiger charge is -2.28. The maximum atomic E-state index is 11.9. The van der Waals surface area contributed by atoms with Crippen molar-refractivity contribution in [2.75, 3.05) is 45.1 Å². The molecule has 0 spiro atoms. The monoisotopic (exact) mass is 431 g/mol. The number of benzene rings is 1. The lowest BCUT2D eigenvalue weighted by molar-refractivity contribution is 0.0636. The Balaban J connectivity index is 1.73. The third kappa shape index (κ3) is 10.5. The van der Waals surface area contributed by atoms with Crippen molar-refractivity contribution in [1.29, 1.82) is 0 Å². The Hall–Kier alpha value is -2.28. The van der Waals surface area contributed by atoms with Gasteiger partial charge in [0.2, 0.25) is 0 Å². The first-order valence-electron chi connectivity index (χ1n) is 11.5. The number of guanidine groups is 1. The summed E-state index contributed by atoms with van der Waals surface area (Å²) in [6.45, 7) is 12.6. The quantitative estimate of drug-likeness (QED) is 0.430. The molecule has 2 rings (SSSR count). The second-order valence-corrected chi connectivity index (χ2v) is 9.30. The minimum atomic E-state index is -0.505. The second kappa shape index (κ2) is 12.5. The molecular formula is C24H41N5O2. The van der Waals surface area contributed by atoms with E-state index in [2.05, 4.69) is 34.8 Å². The molecule has 1 amide bonds. The van der Waals surface area contributed by atoms with Gasteiger partial charge in [-0.1, -0.05) is 12.1 Å². The second-order valence-electron chi connectivity index (χ2n) is 9.30. The van der Waals surface area contributed by atoms with Gasteiger partial charge in [-0.15, -0.1) is 0 Å². The fourth-order valence-corrected chi connectivity index (χ4v) is 3.55. The van der Waals surface area contributed by atoms with Crippen LogP contribution >= 0.6 is 0 Å². The Morgan fingerprint density at radius 2 is 1.84 bits per heavy atom. The molecular weight excluding hydrogens is 390 g/mol. The number of piperidine rings is 1. The van der Waals surface area contributed by atoms with Crippen LogP contribution in [-0.2, 0) is 11.2 Å². The first-order valence-corrected chi connectivity index (χ1v) is 11.5. The number of hydrogen-bond donors (Lipinski definition) is 3. The van der Waals surface area contributed by atoms with Crippen LogP contribution in [0.2, 0.25) is 0 Å². The number of rotatable bonds is 8. The van der Waals surface area contributed by atoms with E-state index in [9.17, 15) is 4.79 Å². The Labute approximate surface area is 188 Å². The van der Waals surface area contributed by atoms with E-state index in [4.69, 9.17) is 9.73 Å². The molecule has 7 nitrogen and oxygen atoms in total. The highest BCUT2D eigenvalue weighted by Crippen LogP contribution is 2.19. The van der Waals surface area contributed by atoms with E-state index in [1.165, 1.54) is 31.5 Å². The van der Waals surface area contributed by atoms with Crippen LogP contribution < -0.4 is 16.0 Å². The molecule has 1 heterocycles. The number of amides is 1. The van der Waals surface area contributed by atoms with Crippen LogP contribution in [0, 0.1) is 5.92 Å². The summed E-state index contributed by atoms with van der Waals surface area (Å²) >= 11 is 0. The van der Waals surface area contributed by atoms with Gasteiger partial charge in [-0.3, -0.25) is 10.3 Å². The highest BCUT2D eigenvalue weighted by Gasteiger charge is 2.17. The molecule has 1 aliphatic rings. The van der Waals surface area contributed by atoms with Crippen LogP contribution in [-0.4, -0.2) is 62.3 Å². The first-order chi connectivity index (χ1) is 14.7. The average molecular weight is 432 g/mol. The number of nitrogens with one attached hydrogen (secondary N) is 3. The molecule has 0 radical (unpaired) electrons. The van der Waals surface area contributed by atoms with Crippen LogP contribution in [0.1, 0.15) is 52.5 Å². The van der Waals surface area contributed by atoms with E-state index in [1.54, 1.807) is 0 Å². The van der Waals surface area contributed by atoms with Gasteiger partial charge in [0.15, 0.2) is 5.96 Å². The molecule has 1 fully saturated rings. The van der Waals surface area contributed by atoms with Gasteiger partial charge in [0, 0.05) is 25.3 Å². The largest absolute Gasteiger partial charge is 0.444 e. The highest BCUT2D eigenvalue weighted by molar-refractivity contribution is 5.84. The normalized spacial score (nSPS) is 16.1. The molecule has 0 atom stereocenters. The van der Waals surface area contributed by atoms with Gasteiger partial charge in [0.25, 0.3) is 0 Å². The number of aliphatic imine (C=N–C) groups is 1. The molecule has 3 N–H and O–H groups in total. The van der Waals surface area contributed by atoms with Crippen molar-refractivity contribution in [1.82, 2.24) is 15.5 Å². The van der Waals surface area contributed by atoms with Gasteiger partial charge in [0.05, 0.1) is 0 Å². The number of nitrogens with zero attached hydrogens (tertiary/aromatic N) is 2. The predicted molar refractivity (Wildman–Crippen MR) is 129 cm³/mol. The minimum absolute atomic E-state index is 0.436. The predicted octanol–water partition coefficient (Wildman–Crippen LogP) is 3.86. The summed E-state index contributed by atoms with van der Waals surface area (Å²) in [5.74, 6) is 1.69. The molecule has 7 heteroatoms. The van der Waals surface area contributed by atoms with Crippen LogP contribution in [0.15, 0.2) is 29.3 Å². The Morgan fingerprint density at radius 3 is 2.45 bits per heavy atom. The van der Waals surface area contributed by atoms with Gasteiger partial charge >= 0.3 is 6.09 Å². The topological polar surface area (TPSA) is 78.0 Å². The SMILES string of the molecule is CCNC(=NCCC1CCN(C)CC1)NCCc1ccc(NC(=O)OC(C)(C)C)cc1. The summed E-state index contributed by atoms with van der Waals surface area (Å²) in [6.07, 6.45) is 4.18. The van der Waals surface area contributed by atoms with Gasteiger partial charge in [0.1, 0.15) is 5.60 Å². The molecule has 1 aromatic rings. The van der Waals surface area contributed by atoms with Gasteiger partial charge in [-0.05, 0) is 97.1 Å². The zero-order valence-electron chi connectivity index (χ0n) is 20.0. The molecule has 0 unspecified atom stereocenters. The zero-order chi connectivity index (χ0) is 22.7. The fourth-order valence-electron chi connectivity index (χ4n) is 3.55. The third-order valence-electron chi connectivity index (χ3n) is 5.29. The summed E-state index contributed by atoms with van der Waals surface area (Å²) in [6, 6.07) is 7.86. The average Bonchev–Trinajstić information content (AvgIpc) is 2.69. The number of anilines is 1. The molecule has 0 aliphatic carbocycles. The third-order valence-corrected chi connectivity index (χ3v) is 5.29. The van der Waals surface area contributed by atoms with E-state index in [-0.39, 0.29) is 0 Å². The van der Waals surface area contributed by atoms with E-state index in [0.29, 0.717) is 0 Å². The number of likely N-dealkylation sites (tertiary alicyclic amines) is 1. The standard InChI is InChI=1S/C24H41N5O2/c1-6-25-22(27-16-12-20-13-17-29(5)18-14-20)26-15-11-19-7-9-21(10-8-19)28-23(30)31-24(2,3)4/h7-10,20H,6,11-18H2,1-5H3,(H,28,30)(H2,25,26,27). The summed E-state index contributed by atoms with van der Waals surface area (Å²) < 4.78 is 5.28. The smallest absolute Gasteiger partial charge is 0.412 e. The summed E-state index contributed by atoms with van der Waals surface area (Å²) in [5, 5.41) is 9.52. The molecule has 1 saturated heterocycles. The highest BCUT2D eigenvalue weighted by atomic mass is 16.6. The molecule has 0 saturated carbocycles. The maximum Gasteiger partial charge on any atom is 0.412 e. The lowest BCUT2D eigenvalue weighted by Crippen LogP contribution is -2.38.